The smallest absolute Gasteiger partial charge is 0.410 e. The van der Waals surface area contributed by atoms with Crippen LogP contribution in [-0.4, -0.2) is 57.8 Å². The fourth-order valence-corrected chi connectivity index (χ4v) is 3.30. The molecule has 1 fully saturated rings. The Morgan fingerprint density at radius 1 is 1.17 bits per heavy atom. The van der Waals surface area contributed by atoms with Crippen LogP contribution >= 0.6 is 0 Å². The van der Waals surface area contributed by atoms with Gasteiger partial charge in [-0.1, -0.05) is 12.1 Å². The molecule has 0 N–H and O–H groups in total. The molecule has 0 unspecified atom stereocenters. The fraction of sp³-hybridized carbons (Fsp3) is 0.524. The summed E-state index contributed by atoms with van der Waals surface area (Å²) in [5, 5.41) is 9.03. The average molecular weight is 400 g/mol. The van der Waals surface area contributed by atoms with Crippen LogP contribution in [0, 0.1) is 6.92 Å². The third-order valence-electron chi connectivity index (χ3n) is 4.89. The van der Waals surface area contributed by atoms with Crippen LogP contribution in [0.15, 0.2) is 24.4 Å². The van der Waals surface area contributed by atoms with Gasteiger partial charge in [-0.05, 0) is 52.2 Å². The van der Waals surface area contributed by atoms with Crippen LogP contribution in [0.2, 0.25) is 0 Å². The SMILES string of the molecule is COC(=O)c1cc(-c2cnn(C3CCN(C(=O)OC(C)(C)C)CC3)n2)ccc1C. The molecule has 1 amide bonds. The number of hydrogen-bond donors (Lipinski definition) is 0. The number of carbonyl (C=O) groups is 2. The van der Waals surface area contributed by atoms with E-state index < -0.39 is 5.60 Å². The molecule has 1 aliphatic heterocycles. The number of nitrogens with zero attached hydrogens (tertiary/aromatic N) is 4. The van der Waals surface area contributed by atoms with Crippen LogP contribution in [0.1, 0.15) is 55.6 Å². The number of carbonyl (C=O) groups excluding carboxylic acids is 2. The predicted molar refractivity (Wildman–Crippen MR) is 108 cm³/mol. The molecular formula is C21H28N4O4. The van der Waals surface area contributed by atoms with Crippen molar-refractivity contribution in [2.24, 2.45) is 0 Å². The van der Waals surface area contributed by atoms with Gasteiger partial charge in [0.2, 0.25) is 0 Å². The number of amides is 1. The minimum Gasteiger partial charge on any atom is -0.465 e. The molecule has 8 nitrogen and oxygen atoms in total. The third kappa shape index (κ3) is 4.93. The van der Waals surface area contributed by atoms with Crippen molar-refractivity contribution in [3.8, 4) is 11.3 Å². The summed E-state index contributed by atoms with van der Waals surface area (Å²) in [6.07, 6.45) is 2.94. The normalized spacial score (nSPS) is 15.3. The lowest BCUT2D eigenvalue weighted by atomic mass is 10.0. The Balaban J connectivity index is 1.67. The summed E-state index contributed by atoms with van der Waals surface area (Å²) >= 11 is 0. The van der Waals surface area contributed by atoms with Crippen molar-refractivity contribution in [2.75, 3.05) is 20.2 Å². The molecule has 0 atom stereocenters. The average Bonchev–Trinajstić information content (AvgIpc) is 3.16. The molecule has 0 saturated carbocycles. The maximum atomic E-state index is 12.2. The number of aryl methyl sites for hydroxylation is 1. The van der Waals surface area contributed by atoms with Crippen molar-refractivity contribution < 1.29 is 19.1 Å². The predicted octanol–water partition coefficient (Wildman–Crippen LogP) is 3.61. The van der Waals surface area contributed by atoms with Crippen molar-refractivity contribution in [1.82, 2.24) is 19.9 Å². The number of rotatable bonds is 3. The Hall–Kier alpha value is -2.90. The Morgan fingerprint density at radius 3 is 2.48 bits per heavy atom. The van der Waals surface area contributed by atoms with E-state index in [1.54, 1.807) is 22.0 Å². The minimum atomic E-state index is -0.497. The van der Waals surface area contributed by atoms with Crippen molar-refractivity contribution in [3.05, 3.63) is 35.5 Å². The Morgan fingerprint density at radius 2 is 1.86 bits per heavy atom. The molecular weight excluding hydrogens is 372 g/mol. The highest BCUT2D eigenvalue weighted by Gasteiger charge is 2.28. The molecule has 1 aromatic carbocycles. The van der Waals surface area contributed by atoms with E-state index in [0.29, 0.717) is 24.3 Å². The largest absolute Gasteiger partial charge is 0.465 e. The second-order valence-electron chi connectivity index (χ2n) is 8.27. The summed E-state index contributed by atoms with van der Waals surface area (Å²) in [5.41, 5.74) is 2.38. The first kappa shape index (κ1) is 20.8. The zero-order valence-electron chi connectivity index (χ0n) is 17.6. The van der Waals surface area contributed by atoms with Gasteiger partial charge in [-0.2, -0.15) is 15.0 Å². The van der Waals surface area contributed by atoms with Gasteiger partial charge in [0.05, 0.1) is 24.9 Å². The number of hydrogen-bond acceptors (Lipinski definition) is 6. The topological polar surface area (TPSA) is 86.6 Å². The summed E-state index contributed by atoms with van der Waals surface area (Å²) in [6, 6.07) is 5.69. The van der Waals surface area contributed by atoms with Crippen molar-refractivity contribution in [1.29, 1.82) is 0 Å². The summed E-state index contributed by atoms with van der Waals surface area (Å²) in [5.74, 6) is -0.369. The van der Waals surface area contributed by atoms with Gasteiger partial charge in [-0.3, -0.25) is 0 Å². The molecule has 1 aliphatic rings. The van der Waals surface area contributed by atoms with Crippen molar-refractivity contribution in [3.63, 3.8) is 0 Å². The van der Waals surface area contributed by atoms with Crippen LogP contribution < -0.4 is 0 Å². The standard InChI is InChI=1S/C21H28N4O4/c1-14-6-7-15(12-17(14)19(26)28-5)18-13-22-25(23-18)16-8-10-24(11-9-16)20(27)29-21(2,3)4/h6-7,12-13,16H,8-11H2,1-5H3. The number of likely N-dealkylation sites (tertiary alicyclic amines) is 1. The van der Waals surface area contributed by atoms with Crippen LogP contribution in [-0.2, 0) is 9.47 Å². The van der Waals surface area contributed by atoms with E-state index in [1.807, 2.05) is 39.8 Å². The monoisotopic (exact) mass is 400 g/mol. The minimum absolute atomic E-state index is 0.118. The molecule has 2 aromatic rings. The number of methoxy groups -OCH3 is 1. The number of esters is 1. The number of piperidine rings is 1. The zero-order valence-corrected chi connectivity index (χ0v) is 17.6. The number of aromatic nitrogens is 3. The lowest BCUT2D eigenvalue weighted by molar-refractivity contribution is 0.0180. The zero-order chi connectivity index (χ0) is 21.2. The van der Waals surface area contributed by atoms with Crippen molar-refractivity contribution in [2.45, 2.75) is 52.2 Å². The summed E-state index contributed by atoms with van der Waals surface area (Å²) in [6.45, 7) is 8.67. The third-order valence-corrected chi connectivity index (χ3v) is 4.89. The van der Waals surface area contributed by atoms with Gasteiger partial charge >= 0.3 is 12.1 Å². The first-order valence-corrected chi connectivity index (χ1v) is 9.77. The van der Waals surface area contributed by atoms with E-state index in [4.69, 9.17) is 9.47 Å². The van der Waals surface area contributed by atoms with E-state index in [9.17, 15) is 9.59 Å². The molecule has 156 valence electrons. The molecule has 1 saturated heterocycles. The van der Waals surface area contributed by atoms with Crippen LogP contribution in [0.25, 0.3) is 11.3 Å². The van der Waals surface area contributed by atoms with Crippen molar-refractivity contribution >= 4 is 12.1 Å². The Labute approximate surface area is 170 Å². The van der Waals surface area contributed by atoms with Gasteiger partial charge in [0.1, 0.15) is 11.3 Å². The highest BCUT2D eigenvalue weighted by atomic mass is 16.6. The maximum Gasteiger partial charge on any atom is 0.410 e. The van der Waals surface area contributed by atoms with E-state index in [2.05, 4.69) is 10.2 Å². The second-order valence-corrected chi connectivity index (χ2v) is 8.27. The highest BCUT2D eigenvalue weighted by Crippen LogP contribution is 2.25. The maximum absolute atomic E-state index is 12.2. The van der Waals surface area contributed by atoms with Crippen LogP contribution in [0.5, 0.6) is 0 Å². The van der Waals surface area contributed by atoms with Gasteiger partial charge in [0.25, 0.3) is 0 Å². The van der Waals surface area contributed by atoms with E-state index in [-0.39, 0.29) is 18.1 Å². The van der Waals surface area contributed by atoms with Gasteiger partial charge in [-0.25, -0.2) is 9.59 Å². The molecule has 1 aromatic heterocycles. The lowest BCUT2D eigenvalue weighted by Crippen LogP contribution is -2.42. The van der Waals surface area contributed by atoms with E-state index in [0.717, 1.165) is 24.0 Å². The van der Waals surface area contributed by atoms with Crippen LogP contribution in [0.4, 0.5) is 4.79 Å². The second kappa shape index (κ2) is 8.23. The van der Waals surface area contributed by atoms with Gasteiger partial charge < -0.3 is 14.4 Å². The van der Waals surface area contributed by atoms with E-state index >= 15 is 0 Å². The highest BCUT2D eigenvalue weighted by molar-refractivity contribution is 5.92. The quantitative estimate of drug-likeness (QED) is 0.732. The lowest BCUT2D eigenvalue weighted by Gasteiger charge is -2.33. The Kier molecular flexibility index (Phi) is 5.91. The summed E-state index contributed by atoms with van der Waals surface area (Å²) in [4.78, 5) is 27.6. The summed E-state index contributed by atoms with van der Waals surface area (Å²) in [7, 11) is 1.37. The van der Waals surface area contributed by atoms with Gasteiger partial charge in [0, 0.05) is 18.7 Å². The molecule has 29 heavy (non-hydrogen) atoms. The molecule has 0 radical (unpaired) electrons. The van der Waals surface area contributed by atoms with E-state index in [1.165, 1.54) is 7.11 Å². The molecule has 0 aliphatic carbocycles. The molecule has 2 heterocycles. The number of benzene rings is 1. The van der Waals surface area contributed by atoms with Crippen LogP contribution in [0.3, 0.4) is 0 Å². The summed E-state index contributed by atoms with van der Waals surface area (Å²) < 4.78 is 10.3. The molecule has 0 spiro atoms. The number of ether oxygens (including phenoxy) is 2. The fourth-order valence-electron chi connectivity index (χ4n) is 3.30. The first-order chi connectivity index (χ1) is 13.7. The first-order valence-electron chi connectivity index (χ1n) is 9.77. The Bertz CT molecular complexity index is 892. The van der Waals surface area contributed by atoms with Gasteiger partial charge in [-0.15, -0.1) is 0 Å². The molecule has 0 bridgehead atoms. The molecule has 3 rings (SSSR count). The molecule has 8 heteroatoms. The van der Waals surface area contributed by atoms with Gasteiger partial charge in [0.15, 0.2) is 0 Å².